The van der Waals surface area contributed by atoms with E-state index in [-0.39, 0.29) is 18.9 Å². The van der Waals surface area contributed by atoms with Gasteiger partial charge in [-0.3, -0.25) is 14.4 Å². The van der Waals surface area contributed by atoms with Gasteiger partial charge in [0, 0.05) is 23.7 Å². The Hall–Kier alpha value is -3.06. The standard InChI is InChI=1S/C24H27ClN2O5/c1-4-15-7-6-8-16(5-2)23(15)26-21(28)14-32-24(30)17-11-22(29)27(13-17)19-12-18(25)9-10-20(19)31-3/h6-10,12,17H,4-5,11,13-14H2,1-3H3,(H,26,28)/t17-/m1/s1. The third kappa shape index (κ3) is 5.22. The maximum absolute atomic E-state index is 12.6. The summed E-state index contributed by atoms with van der Waals surface area (Å²) in [5, 5.41) is 3.32. The molecule has 32 heavy (non-hydrogen) atoms. The normalized spacial score (nSPS) is 15.6. The van der Waals surface area contributed by atoms with Crippen molar-refractivity contribution < 1.29 is 23.9 Å². The van der Waals surface area contributed by atoms with Crippen molar-refractivity contribution >= 4 is 40.8 Å². The summed E-state index contributed by atoms with van der Waals surface area (Å²) < 4.78 is 10.5. The number of nitrogens with one attached hydrogen (secondary N) is 1. The molecule has 1 heterocycles. The van der Waals surface area contributed by atoms with Crippen LogP contribution in [-0.4, -0.2) is 38.0 Å². The first-order chi connectivity index (χ1) is 15.4. The van der Waals surface area contributed by atoms with Crippen LogP contribution in [0.3, 0.4) is 0 Å². The molecule has 2 amide bonds. The number of ether oxygens (including phenoxy) is 2. The van der Waals surface area contributed by atoms with E-state index in [2.05, 4.69) is 5.32 Å². The largest absolute Gasteiger partial charge is 0.495 e. The zero-order valence-corrected chi connectivity index (χ0v) is 19.2. The molecule has 170 valence electrons. The fourth-order valence-electron chi connectivity index (χ4n) is 3.81. The molecule has 2 aromatic rings. The van der Waals surface area contributed by atoms with Crippen molar-refractivity contribution in [3.63, 3.8) is 0 Å². The number of hydrogen-bond acceptors (Lipinski definition) is 5. The van der Waals surface area contributed by atoms with Crippen molar-refractivity contribution in [3.8, 4) is 5.75 Å². The lowest BCUT2D eigenvalue weighted by atomic mass is 10.0. The molecule has 1 aliphatic heterocycles. The minimum Gasteiger partial charge on any atom is -0.495 e. The molecule has 0 aliphatic carbocycles. The molecule has 8 heteroatoms. The number of carbonyl (C=O) groups excluding carboxylic acids is 3. The van der Waals surface area contributed by atoms with E-state index in [9.17, 15) is 14.4 Å². The molecule has 3 rings (SSSR count). The maximum Gasteiger partial charge on any atom is 0.311 e. The fourth-order valence-corrected chi connectivity index (χ4v) is 3.97. The highest BCUT2D eigenvalue weighted by Crippen LogP contribution is 2.35. The molecule has 1 N–H and O–H groups in total. The number of carbonyl (C=O) groups is 3. The molecule has 7 nitrogen and oxygen atoms in total. The number of benzene rings is 2. The van der Waals surface area contributed by atoms with Crippen LogP contribution in [0.15, 0.2) is 36.4 Å². The number of hydrogen-bond donors (Lipinski definition) is 1. The third-order valence-corrected chi connectivity index (χ3v) is 5.73. The smallest absolute Gasteiger partial charge is 0.311 e. The lowest BCUT2D eigenvalue weighted by molar-refractivity contribution is -0.151. The van der Waals surface area contributed by atoms with Gasteiger partial charge in [0.15, 0.2) is 6.61 Å². The molecule has 1 saturated heterocycles. The van der Waals surface area contributed by atoms with Crippen molar-refractivity contribution in [1.82, 2.24) is 0 Å². The second kappa shape index (κ2) is 10.5. The first-order valence-corrected chi connectivity index (χ1v) is 11.0. The number of esters is 1. The predicted molar refractivity (Wildman–Crippen MR) is 123 cm³/mol. The van der Waals surface area contributed by atoms with E-state index >= 15 is 0 Å². The number of para-hydroxylation sites is 1. The summed E-state index contributed by atoms with van der Waals surface area (Å²) in [7, 11) is 1.50. The highest BCUT2D eigenvalue weighted by Gasteiger charge is 2.37. The summed E-state index contributed by atoms with van der Waals surface area (Å²) in [5.74, 6) is -1.42. The Bertz CT molecular complexity index is 1000. The molecule has 1 fully saturated rings. The van der Waals surface area contributed by atoms with Crippen LogP contribution >= 0.6 is 11.6 Å². The number of halogens is 1. The number of aryl methyl sites for hydroxylation is 2. The Morgan fingerprint density at radius 3 is 2.47 bits per heavy atom. The molecule has 0 saturated carbocycles. The first-order valence-electron chi connectivity index (χ1n) is 10.6. The summed E-state index contributed by atoms with van der Waals surface area (Å²) >= 11 is 6.06. The van der Waals surface area contributed by atoms with Crippen LogP contribution in [-0.2, 0) is 32.0 Å². The summed E-state index contributed by atoms with van der Waals surface area (Å²) in [5.41, 5.74) is 3.32. The highest BCUT2D eigenvalue weighted by atomic mass is 35.5. The number of nitrogens with zero attached hydrogens (tertiary/aromatic N) is 1. The molecule has 1 atom stereocenters. The molecular formula is C24H27ClN2O5. The van der Waals surface area contributed by atoms with Gasteiger partial charge in [-0.2, -0.15) is 0 Å². The first kappa shape index (κ1) is 23.6. The topological polar surface area (TPSA) is 84.9 Å². The molecule has 2 aromatic carbocycles. The van der Waals surface area contributed by atoms with Gasteiger partial charge in [-0.1, -0.05) is 43.6 Å². The molecule has 1 aliphatic rings. The van der Waals surface area contributed by atoms with Gasteiger partial charge in [-0.15, -0.1) is 0 Å². The molecule has 0 aromatic heterocycles. The Kier molecular flexibility index (Phi) is 7.75. The Morgan fingerprint density at radius 1 is 1.16 bits per heavy atom. The Morgan fingerprint density at radius 2 is 1.84 bits per heavy atom. The molecule has 0 unspecified atom stereocenters. The molecule has 0 bridgehead atoms. The molecule has 0 radical (unpaired) electrons. The predicted octanol–water partition coefficient (Wildman–Crippen LogP) is 4.01. The monoisotopic (exact) mass is 458 g/mol. The van der Waals surface area contributed by atoms with E-state index < -0.39 is 24.4 Å². The zero-order chi connectivity index (χ0) is 23.3. The van der Waals surface area contributed by atoms with Gasteiger partial charge in [0.05, 0.1) is 18.7 Å². The van der Waals surface area contributed by atoms with Gasteiger partial charge in [0.2, 0.25) is 5.91 Å². The minimum atomic E-state index is -0.673. The summed E-state index contributed by atoms with van der Waals surface area (Å²) in [6.45, 7) is 3.75. The number of amides is 2. The van der Waals surface area contributed by atoms with E-state index in [1.165, 1.54) is 12.0 Å². The maximum atomic E-state index is 12.6. The second-order valence-corrected chi connectivity index (χ2v) is 7.97. The van der Waals surface area contributed by atoms with Crippen molar-refractivity contribution in [3.05, 3.63) is 52.5 Å². The van der Waals surface area contributed by atoms with Gasteiger partial charge < -0.3 is 19.7 Å². The summed E-state index contributed by atoms with van der Waals surface area (Å²) in [6, 6.07) is 10.8. The average Bonchev–Trinajstić information content (AvgIpc) is 3.19. The van der Waals surface area contributed by atoms with Crippen LogP contribution in [0.25, 0.3) is 0 Å². The fraction of sp³-hybridized carbons (Fsp3) is 0.375. The SMILES string of the molecule is CCc1cccc(CC)c1NC(=O)COC(=O)[C@@H]1CC(=O)N(c2cc(Cl)ccc2OC)C1. The zero-order valence-electron chi connectivity index (χ0n) is 18.4. The summed E-state index contributed by atoms with van der Waals surface area (Å²) in [6.07, 6.45) is 1.54. The van der Waals surface area contributed by atoms with Crippen molar-refractivity contribution in [1.29, 1.82) is 0 Å². The van der Waals surface area contributed by atoms with Crippen LogP contribution in [0, 0.1) is 5.92 Å². The van der Waals surface area contributed by atoms with E-state index in [0.29, 0.717) is 16.5 Å². The molecule has 0 spiro atoms. The van der Waals surface area contributed by atoms with Gasteiger partial charge in [0.1, 0.15) is 5.75 Å². The average molecular weight is 459 g/mol. The van der Waals surface area contributed by atoms with Crippen molar-refractivity contribution in [2.45, 2.75) is 33.1 Å². The van der Waals surface area contributed by atoms with Crippen molar-refractivity contribution in [2.75, 3.05) is 30.5 Å². The summed E-state index contributed by atoms with van der Waals surface area (Å²) in [4.78, 5) is 39.0. The van der Waals surface area contributed by atoms with Gasteiger partial charge >= 0.3 is 5.97 Å². The van der Waals surface area contributed by atoms with E-state index in [4.69, 9.17) is 21.1 Å². The minimum absolute atomic E-state index is 0.00519. The highest BCUT2D eigenvalue weighted by molar-refractivity contribution is 6.31. The van der Waals surface area contributed by atoms with E-state index in [0.717, 1.165) is 29.7 Å². The quantitative estimate of drug-likeness (QED) is 0.604. The van der Waals surface area contributed by atoms with Crippen LogP contribution in [0.1, 0.15) is 31.4 Å². The van der Waals surface area contributed by atoms with Gasteiger partial charge in [-0.05, 0) is 42.2 Å². The Labute approximate surface area is 192 Å². The van der Waals surface area contributed by atoms with Crippen LogP contribution in [0.5, 0.6) is 5.75 Å². The number of rotatable bonds is 8. The lowest BCUT2D eigenvalue weighted by Gasteiger charge is -2.19. The number of anilines is 2. The van der Waals surface area contributed by atoms with Crippen LogP contribution in [0.2, 0.25) is 5.02 Å². The Balaban J connectivity index is 1.61. The lowest BCUT2D eigenvalue weighted by Crippen LogP contribution is -2.28. The van der Waals surface area contributed by atoms with E-state index in [1.54, 1.807) is 18.2 Å². The van der Waals surface area contributed by atoms with Crippen LogP contribution in [0.4, 0.5) is 11.4 Å². The van der Waals surface area contributed by atoms with Crippen LogP contribution < -0.4 is 15.0 Å². The second-order valence-electron chi connectivity index (χ2n) is 7.54. The molecular weight excluding hydrogens is 432 g/mol. The van der Waals surface area contributed by atoms with Crippen molar-refractivity contribution in [2.24, 2.45) is 5.92 Å². The van der Waals surface area contributed by atoms with Gasteiger partial charge in [-0.25, -0.2) is 0 Å². The van der Waals surface area contributed by atoms with E-state index in [1.807, 2.05) is 32.0 Å². The third-order valence-electron chi connectivity index (χ3n) is 5.50. The van der Waals surface area contributed by atoms with Gasteiger partial charge in [0.25, 0.3) is 5.91 Å². The number of methoxy groups -OCH3 is 1.